The molecule has 0 saturated carbocycles. The predicted octanol–water partition coefficient (Wildman–Crippen LogP) is -2.18. The van der Waals surface area contributed by atoms with Crippen LogP contribution in [0.2, 0.25) is 0 Å². The zero-order valence-electron chi connectivity index (χ0n) is 6.87. The number of halogens is 1. The van der Waals surface area contributed by atoms with E-state index in [9.17, 15) is 5.21 Å². The monoisotopic (exact) mass is 280 g/mol. The number of hydrazine groups is 1. The van der Waals surface area contributed by atoms with Crippen LogP contribution in [0.1, 0.15) is 19.3 Å². The molecule has 70 valence electrons. The van der Waals surface area contributed by atoms with Gasteiger partial charge in [0.1, 0.15) is 0 Å². The van der Waals surface area contributed by atoms with E-state index in [1.54, 1.807) is 0 Å². The van der Waals surface area contributed by atoms with Gasteiger partial charge in [-0.1, -0.05) is 0 Å². The number of nitrogens with zero attached hydrogens (tertiary/aromatic N) is 1. The van der Waals surface area contributed by atoms with Crippen molar-refractivity contribution in [1.82, 2.24) is 5.17 Å². The molecule has 12 heavy (non-hydrogen) atoms. The normalized spacial score (nSPS) is 35.0. The van der Waals surface area contributed by atoms with E-state index < -0.39 is 0 Å². The Labute approximate surface area is 82.8 Å². The molecule has 3 nitrogen and oxygen atoms in total. The topological polar surface area (TPSA) is 52.3 Å². The summed E-state index contributed by atoms with van der Waals surface area (Å²) in [6.07, 6.45) is 5.49. The van der Waals surface area contributed by atoms with Crippen molar-refractivity contribution >= 4 is 0 Å². The fraction of sp³-hybridized carbons (Fsp3) is 0.750. The van der Waals surface area contributed by atoms with Crippen molar-refractivity contribution in [3.8, 4) is 0 Å². The first-order valence-electron chi connectivity index (χ1n) is 4.29. The van der Waals surface area contributed by atoms with Crippen molar-refractivity contribution in [3.63, 3.8) is 0 Å². The van der Waals surface area contributed by atoms with Crippen molar-refractivity contribution in [2.45, 2.75) is 23.2 Å². The summed E-state index contributed by atoms with van der Waals surface area (Å²) in [5.41, 5.74) is 0.864. The van der Waals surface area contributed by atoms with Crippen molar-refractivity contribution < 1.29 is 21.2 Å². The van der Waals surface area contributed by atoms with Crippen LogP contribution in [0, 0.1) is 11.1 Å². The van der Waals surface area contributed by atoms with E-state index in [4.69, 9.17) is 5.84 Å². The SMILES string of the molecule is NN([O-])C1=CCCCC1C1C[I-]1. The molecule has 0 aromatic carbocycles. The third-order valence-corrected chi connectivity index (χ3v) is 5.24. The van der Waals surface area contributed by atoms with Crippen LogP contribution >= 0.6 is 0 Å². The summed E-state index contributed by atoms with van der Waals surface area (Å²) >= 11 is 0.434. The molecule has 0 amide bonds. The molecule has 2 rings (SSSR count). The van der Waals surface area contributed by atoms with Crippen molar-refractivity contribution in [3.05, 3.63) is 17.0 Å². The van der Waals surface area contributed by atoms with Gasteiger partial charge in [0.15, 0.2) is 0 Å². The van der Waals surface area contributed by atoms with E-state index in [1.807, 2.05) is 6.08 Å². The maximum atomic E-state index is 11.0. The van der Waals surface area contributed by atoms with E-state index in [1.165, 1.54) is 17.3 Å². The first-order valence-corrected chi connectivity index (χ1v) is 7.06. The van der Waals surface area contributed by atoms with Gasteiger partial charge < -0.3 is 0 Å². The molecule has 2 unspecified atom stereocenters. The Bertz CT molecular complexity index is 201. The number of nitrogens with two attached hydrogens (primary N) is 1. The zero-order valence-corrected chi connectivity index (χ0v) is 9.03. The first kappa shape index (κ1) is 8.77. The van der Waals surface area contributed by atoms with Gasteiger partial charge in [0.2, 0.25) is 0 Å². The molecule has 2 atom stereocenters. The standard InChI is InChI=1S/C8H13IN2O/c10-11(12)8-4-2-1-3-6(8)7-5-9-7/h4,6-7H,1-3,5,10H2/q-2. The van der Waals surface area contributed by atoms with Gasteiger partial charge in [0.05, 0.1) is 0 Å². The van der Waals surface area contributed by atoms with Crippen LogP contribution in [0.15, 0.2) is 11.8 Å². The number of hydrogen-bond acceptors (Lipinski definition) is 3. The van der Waals surface area contributed by atoms with Gasteiger partial charge in [-0.2, -0.15) is 0 Å². The van der Waals surface area contributed by atoms with Gasteiger partial charge in [-0.05, 0) is 0 Å². The molecule has 4 heteroatoms. The van der Waals surface area contributed by atoms with E-state index >= 15 is 0 Å². The minimum atomic E-state index is 0.434. The Hall–Kier alpha value is 0.190. The quantitative estimate of drug-likeness (QED) is 0.271. The fourth-order valence-electron chi connectivity index (χ4n) is 1.77. The van der Waals surface area contributed by atoms with Gasteiger partial charge in [-0.3, -0.25) is 0 Å². The van der Waals surface area contributed by atoms with Crippen LogP contribution in [-0.2, 0) is 0 Å². The second kappa shape index (κ2) is 3.51. The molecule has 1 aliphatic heterocycles. The molecule has 0 bridgehead atoms. The Kier molecular flexibility index (Phi) is 2.57. The average molecular weight is 280 g/mol. The molecule has 0 spiro atoms. The van der Waals surface area contributed by atoms with Gasteiger partial charge in [0.25, 0.3) is 0 Å². The third-order valence-electron chi connectivity index (χ3n) is 2.48. The summed E-state index contributed by atoms with van der Waals surface area (Å²) in [7, 11) is 0. The summed E-state index contributed by atoms with van der Waals surface area (Å²) in [6, 6.07) is 0. The van der Waals surface area contributed by atoms with Gasteiger partial charge >= 0.3 is 82.7 Å². The minimum absolute atomic E-state index is 0.434. The molecule has 1 heterocycles. The summed E-state index contributed by atoms with van der Waals surface area (Å²) in [5.74, 6) is 5.77. The van der Waals surface area contributed by atoms with Crippen molar-refractivity contribution in [1.29, 1.82) is 0 Å². The first-order chi connectivity index (χ1) is 5.79. The molecule has 2 aliphatic rings. The second-order valence-corrected chi connectivity index (χ2v) is 6.68. The maximum absolute atomic E-state index is 11.0. The van der Waals surface area contributed by atoms with Gasteiger partial charge in [-0.25, -0.2) is 0 Å². The van der Waals surface area contributed by atoms with E-state index in [0.717, 1.165) is 16.0 Å². The number of alkyl halides is 2. The van der Waals surface area contributed by atoms with Crippen molar-refractivity contribution in [2.75, 3.05) is 4.43 Å². The third kappa shape index (κ3) is 1.75. The molecule has 0 aromatic heterocycles. The molecule has 0 aromatic rings. The second-order valence-electron chi connectivity index (χ2n) is 3.32. The fourth-order valence-corrected chi connectivity index (χ4v) is 4.02. The molecule has 1 aliphatic carbocycles. The molecular weight excluding hydrogens is 267 g/mol. The molecule has 0 radical (unpaired) electrons. The molecule has 2 N–H and O–H groups in total. The Balaban J connectivity index is 2.08. The van der Waals surface area contributed by atoms with Crippen LogP contribution in [0.5, 0.6) is 0 Å². The Morgan fingerprint density at radius 2 is 2.42 bits per heavy atom. The summed E-state index contributed by atoms with van der Waals surface area (Å²) < 4.78 is 2.27. The van der Waals surface area contributed by atoms with Gasteiger partial charge in [0, 0.05) is 0 Å². The Morgan fingerprint density at radius 1 is 1.67 bits per heavy atom. The van der Waals surface area contributed by atoms with Crippen molar-refractivity contribution in [2.24, 2.45) is 11.8 Å². The van der Waals surface area contributed by atoms with E-state index in [0.29, 0.717) is 32.3 Å². The van der Waals surface area contributed by atoms with Crippen LogP contribution in [0.3, 0.4) is 0 Å². The number of hydroxylamine groups is 1. The summed E-state index contributed by atoms with van der Waals surface area (Å²) in [5, 5.41) is 11.6. The summed E-state index contributed by atoms with van der Waals surface area (Å²) in [6.45, 7) is 0. The van der Waals surface area contributed by atoms with Crippen LogP contribution in [0.4, 0.5) is 0 Å². The Morgan fingerprint density at radius 3 is 3.00 bits per heavy atom. The van der Waals surface area contributed by atoms with E-state index in [-0.39, 0.29) is 0 Å². The van der Waals surface area contributed by atoms with E-state index in [2.05, 4.69) is 0 Å². The number of allylic oxidation sites excluding steroid dienone is 2. The molecular formula is C8H13IN2O-2. The average Bonchev–Trinajstić information content (AvgIpc) is 2.87. The predicted molar refractivity (Wildman–Crippen MR) is 43.5 cm³/mol. The van der Waals surface area contributed by atoms with Crippen LogP contribution < -0.4 is 27.0 Å². The van der Waals surface area contributed by atoms with Crippen LogP contribution in [0.25, 0.3) is 0 Å². The van der Waals surface area contributed by atoms with Crippen LogP contribution in [-0.4, -0.2) is 13.5 Å². The molecule has 1 fully saturated rings. The summed E-state index contributed by atoms with van der Waals surface area (Å²) in [4.78, 5) is 0. The zero-order chi connectivity index (χ0) is 8.55. The molecule has 1 saturated heterocycles. The number of hydrogen-bond donors (Lipinski definition) is 1. The number of rotatable bonds is 2. The van der Waals surface area contributed by atoms with Gasteiger partial charge in [-0.15, -0.1) is 0 Å².